The lowest BCUT2D eigenvalue weighted by Crippen LogP contribution is -2.14. The molecule has 27 heavy (non-hydrogen) atoms. The number of H-pyrrole nitrogens is 1. The number of aromatic nitrogens is 3. The molecule has 0 amide bonds. The smallest absolute Gasteiger partial charge is 0.261 e. The van der Waals surface area contributed by atoms with Crippen molar-refractivity contribution >= 4 is 38.0 Å². The molecular formula is C19H23N5O2S. The Morgan fingerprint density at radius 2 is 1.89 bits per heavy atom. The normalized spacial score (nSPS) is 17.7. The highest BCUT2D eigenvalue weighted by Crippen LogP contribution is 2.32. The van der Waals surface area contributed by atoms with Crippen LogP contribution in [0.15, 0.2) is 46.2 Å². The largest absolute Gasteiger partial charge is 0.338 e. The monoisotopic (exact) mass is 385 g/mol. The summed E-state index contributed by atoms with van der Waals surface area (Å²) in [6.45, 7) is 0. The van der Waals surface area contributed by atoms with E-state index in [0.29, 0.717) is 22.1 Å². The lowest BCUT2D eigenvalue weighted by Gasteiger charge is -2.22. The summed E-state index contributed by atoms with van der Waals surface area (Å²) in [4.78, 5) is 15.7. The number of hydrogen-bond donors (Lipinski definition) is 3. The van der Waals surface area contributed by atoms with Gasteiger partial charge in [0.05, 0.1) is 21.3 Å². The van der Waals surface area contributed by atoms with Crippen LogP contribution in [-0.4, -0.2) is 24.8 Å². The third kappa shape index (κ3) is 3.50. The van der Waals surface area contributed by atoms with Crippen molar-refractivity contribution in [2.75, 3.05) is 5.32 Å². The molecule has 8 heteroatoms. The van der Waals surface area contributed by atoms with Gasteiger partial charge < -0.3 is 10.3 Å². The maximum absolute atomic E-state index is 12.5. The van der Waals surface area contributed by atoms with Gasteiger partial charge in [0.25, 0.3) is 5.56 Å². The second kappa shape index (κ2) is 6.86. The molecule has 2 aromatic heterocycles. The zero-order valence-electron chi connectivity index (χ0n) is 15.0. The molecule has 0 spiro atoms. The fourth-order valence-electron chi connectivity index (χ4n) is 3.70. The van der Waals surface area contributed by atoms with Crippen LogP contribution in [0.25, 0.3) is 10.9 Å². The lowest BCUT2D eigenvalue weighted by atomic mass is 9.95. The van der Waals surface area contributed by atoms with Gasteiger partial charge in [0.15, 0.2) is 5.82 Å². The van der Waals surface area contributed by atoms with Gasteiger partial charge in [0.2, 0.25) is 0 Å². The molecule has 0 aliphatic heterocycles. The van der Waals surface area contributed by atoms with Crippen LogP contribution in [0.5, 0.6) is 0 Å². The van der Waals surface area contributed by atoms with E-state index in [-0.39, 0.29) is 5.56 Å². The number of anilines is 2. The first kappa shape index (κ1) is 17.8. The Morgan fingerprint density at radius 3 is 2.56 bits per heavy atom. The van der Waals surface area contributed by atoms with Gasteiger partial charge in [-0.2, -0.15) is 5.10 Å². The van der Waals surface area contributed by atoms with Crippen molar-refractivity contribution in [2.45, 2.75) is 43.0 Å². The van der Waals surface area contributed by atoms with Crippen molar-refractivity contribution in [2.24, 2.45) is 5.14 Å². The molecule has 7 nitrogen and oxygen atoms in total. The summed E-state index contributed by atoms with van der Waals surface area (Å²) in [6.07, 6.45) is 7.44. The lowest BCUT2D eigenvalue weighted by molar-refractivity contribution is 0.338. The quantitative estimate of drug-likeness (QED) is 0.600. The zero-order valence-corrected chi connectivity index (χ0v) is 15.8. The SMILES string of the molecule is C=S(N)(=O)c1ccc(Nc2nn(C3CCCCC3)c3cc[nH]c(=O)c23)cc1. The van der Waals surface area contributed by atoms with Crippen molar-refractivity contribution in [1.29, 1.82) is 0 Å². The van der Waals surface area contributed by atoms with Gasteiger partial charge in [-0.15, -0.1) is 0 Å². The Balaban J connectivity index is 1.74. The van der Waals surface area contributed by atoms with Crippen molar-refractivity contribution in [3.05, 3.63) is 46.9 Å². The number of nitrogens with two attached hydrogens (primary N) is 1. The number of hydrogen-bond acceptors (Lipinski definition) is 4. The topological polar surface area (TPSA) is 106 Å². The van der Waals surface area contributed by atoms with E-state index in [9.17, 15) is 9.00 Å². The van der Waals surface area contributed by atoms with Crippen LogP contribution >= 0.6 is 0 Å². The number of benzene rings is 1. The van der Waals surface area contributed by atoms with Crippen LogP contribution < -0.4 is 16.0 Å². The molecule has 1 atom stereocenters. The minimum atomic E-state index is -2.75. The fraction of sp³-hybridized carbons (Fsp3) is 0.316. The molecule has 0 saturated heterocycles. The molecule has 4 rings (SSSR count). The minimum Gasteiger partial charge on any atom is -0.338 e. The summed E-state index contributed by atoms with van der Waals surface area (Å²) >= 11 is 0. The molecule has 1 saturated carbocycles. The summed E-state index contributed by atoms with van der Waals surface area (Å²) in [5.74, 6) is 4.01. The van der Waals surface area contributed by atoms with E-state index in [0.717, 1.165) is 24.0 Å². The minimum absolute atomic E-state index is 0.170. The third-order valence-electron chi connectivity index (χ3n) is 5.07. The number of rotatable bonds is 4. The first-order chi connectivity index (χ1) is 12.9. The number of pyridine rings is 1. The molecule has 1 aromatic carbocycles. The average molecular weight is 385 g/mol. The maximum Gasteiger partial charge on any atom is 0.261 e. The number of nitrogens with one attached hydrogen (secondary N) is 2. The zero-order chi connectivity index (χ0) is 19.0. The van der Waals surface area contributed by atoms with Crippen molar-refractivity contribution < 1.29 is 4.21 Å². The summed E-state index contributed by atoms with van der Waals surface area (Å²) in [7, 11) is -2.75. The molecule has 1 fully saturated rings. The van der Waals surface area contributed by atoms with Gasteiger partial charge in [0.1, 0.15) is 5.39 Å². The van der Waals surface area contributed by atoms with Gasteiger partial charge >= 0.3 is 0 Å². The average Bonchev–Trinajstić information content (AvgIpc) is 3.02. The van der Waals surface area contributed by atoms with Gasteiger partial charge in [-0.1, -0.05) is 19.3 Å². The molecule has 1 unspecified atom stereocenters. The standard InChI is InChI=1S/C19H23N5O2S/c1-27(20,26)15-9-7-13(8-10-15)22-18-17-16(11-12-21-19(17)25)24(23-18)14-5-3-2-4-6-14/h7-12,14H,1-6H2,(H2,20,26)(H,21,25)(H,22,23). The highest BCUT2D eigenvalue weighted by atomic mass is 32.2. The highest BCUT2D eigenvalue weighted by Gasteiger charge is 2.22. The van der Waals surface area contributed by atoms with Gasteiger partial charge in [-0.25, -0.2) is 4.21 Å². The van der Waals surface area contributed by atoms with E-state index < -0.39 is 9.71 Å². The van der Waals surface area contributed by atoms with Crippen LogP contribution in [-0.2, 0) is 9.71 Å². The second-order valence-corrected chi connectivity index (χ2v) is 8.95. The van der Waals surface area contributed by atoms with E-state index >= 15 is 0 Å². The maximum atomic E-state index is 12.5. The predicted molar refractivity (Wildman–Crippen MR) is 110 cm³/mol. The Labute approximate surface area is 157 Å². The van der Waals surface area contributed by atoms with Gasteiger partial charge in [0, 0.05) is 16.8 Å². The van der Waals surface area contributed by atoms with Crippen LogP contribution in [0, 0.1) is 0 Å². The predicted octanol–water partition coefficient (Wildman–Crippen LogP) is 2.92. The molecule has 1 aliphatic rings. The Bertz CT molecular complexity index is 1120. The van der Waals surface area contributed by atoms with E-state index in [2.05, 4.69) is 16.2 Å². The fourth-order valence-corrected chi connectivity index (χ4v) is 4.29. The molecule has 0 radical (unpaired) electrons. The molecule has 4 N–H and O–H groups in total. The molecule has 3 aromatic rings. The molecule has 0 bridgehead atoms. The van der Waals surface area contributed by atoms with Crippen LogP contribution in [0.2, 0.25) is 0 Å². The van der Waals surface area contributed by atoms with Crippen LogP contribution in [0.4, 0.5) is 11.5 Å². The number of fused-ring (bicyclic) bond motifs is 1. The van der Waals surface area contributed by atoms with E-state index in [1.54, 1.807) is 30.5 Å². The summed E-state index contributed by atoms with van der Waals surface area (Å²) in [6, 6.07) is 9.07. The molecule has 142 valence electrons. The molecular weight excluding hydrogens is 362 g/mol. The number of aromatic amines is 1. The van der Waals surface area contributed by atoms with Crippen molar-refractivity contribution in [1.82, 2.24) is 14.8 Å². The third-order valence-corrected chi connectivity index (χ3v) is 6.14. The van der Waals surface area contributed by atoms with Crippen LogP contribution in [0.3, 0.4) is 0 Å². The number of nitrogens with zero attached hydrogens (tertiary/aromatic N) is 2. The van der Waals surface area contributed by atoms with E-state index in [1.165, 1.54) is 19.3 Å². The van der Waals surface area contributed by atoms with E-state index in [4.69, 9.17) is 10.2 Å². The first-order valence-electron chi connectivity index (χ1n) is 9.05. The summed E-state index contributed by atoms with van der Waals surface area (Å²) < 4.78 is 13.8. The first-order valence-corrected chi connectivity index (χ1v) is 10.8. The Hall–Kier alpha value is -2.58. The van der Waals surface area contributed by atoms with E-state index in [1.807, 2.05) is 10.7 Å². The molecule has 1 aliphatic carbocycles. The highest BCUT2D eigenvalue weighted by molar-refractivity contribution is 7.98. The second-order valence-electron chi connectivity index (χ2n) is 7.03. The Kier molecular flexibility index (Phi) is 4.53. The molecule has 2 heterocycles. The van der Waals surface area contributed by atoms with Gasteiger partial charge in [-0.05, 0) is 49.0 Å². The van der Waals surface area contributed by atoms with Crippen LogP contribution in [0.1, 0.15) is 38.1 Å². The Morgan fingerprint density at radius 1 is 1.19 bits per heavy atom. The summed E-state index contributed by atoms with van der Waals surface area (Å²) in [5.41, 5.74) is 1.41. The van der Waals surface area contributed by atoms with Gasteiger partial charge in [-0.3, -0.25) is 14.6 Å². The summed E-state index contributed by atoms with van der Waals surface area (Å²) in [5, 5.41) is 14.1. The van der Waals surface area contributed by atoms with Crippen molar-refractivity contribution in [3.63, 3.8) is 0 Å². The van der Waals surface area contributed by atoms with Crippen molar-refractivity contribution in [3.8, 4) is 0 Å².